The van der Waals surface area contributed by atoms with Crippen LogP contribution in [0.25, 0.3) is 0 Å². The molecule has 0 bridgehead atoms. The zero-order chi connectivity index (χ0) is 20.1. The zero-order valence-corrected chi connectivity index (χ0v) is 19.5. The maximum absolute atomic E-state index is 2.43. The van der Waals surface area contributed by atoms with Gasteiger partial charge in [-0.2, -0.15) is 0 Å². The number of rotatable bonds is 8. The lowest BCUT2D eigenvalue weighted by Gasteiger charge is -2.24. The first kappa shape index (κ1) is 21.8. The highest BCUT2D eigenvalue weighted by atomic mass is 31.1. The molecule has 0 unspecified atom stereocenters. The van der Waals surface area contributed by atoms with Gasteiger partial charge in [-0.3, -0.25) is 0 Å². The van der Waals surface area contributed by atoms with Crippen LogP contribution in [0.3, 0.4) is 0 Å². The van der Waals surface area contributed by atoms with Crippen LogP contribution in [0.5, 0.6) is 0 Å². The summed E-state index contributed by atoms with van der Waals surface area (Å²) in [5, 5.41) is 2.94. The smallest absolute Gasteiger partial charge is 0.0426 e. The highest BCUT2D eigenvalue weighted by Crippen LogP contribution is 2.29. The molecular weight excluding hydrogens is 347 g/mol. The van der Waals surface area contributed by atoms with Crippen LogP contribution >= 0.6 is 8.58 Å². The van der Waals surface area contributed by atoms with Crippen molar-refractivity contribution in [1.82, 2.24) is 0 Å². The van der Waals surface area contributed by atoms with Gasteiger partial charge in [-0.1, -0.05) is 36.3 Å². The van der Waals surface area contributed by atoms with Crippen molar-refractivity contribution in [1.29, 1.82) is 0 Å². The summed E-state index contributed by atoms with van der Waals surface area (Å²) in [7, 11) is 9.37. The number of anilines is 2. The lowest BCUT2D eigenvalue weighted by atomic mass is 10.0. The molecule has 0 aliphatic heterocycles. The fraction of sp³-hybridized carbons (Fsp3) is 0.500. The predicted molar refractivity (Wildman–Crippen MR) is 127 cm³/mol. The number of benzene rings is 2. The Labute approximate surface area is 168 Å². The summed E-state index contributed by atoms with van der Waals surface area (Å²) in [5.41, 5.74) is 8.72. The van der Waals surface area contributed by atoms with Crippen molar-refractivity contribution in [2.75, 3.05) is 38.0 Å². The molecule has 0 radical (unpaired) electrons. The molecule has 2 aromatic rings. The van der Waals surface area contributed by atoms with Crippen molar-refractivity contribution in [3.8, 4) is 0 Å². The van der Waals surface area contributed by atoms with Crippen LogP contribution in [-0.4, -0.2) is 28.2 Å². The number of hydrogen-bond donors (Lipinski definition) is 0. The summed E-state index contributed by atoms with van der Waals surface area (Å²) in [6.07, 6.45) is 4.33. The minimum Gasteiger partial charge on any atom is -0.377 e. The molecular formula is C24H37N2P. The van der Waals surface area contributed by atoms with Crippen LogP contribution in [0.1, 0.15) is 49.9 Å². The van der Waals surface area contributed by atoms with E-state index >= 15 is 0 Å². The molecule has 27 heavy (non-hydrogen) atoms. The Hall–Kier alpha value is -1.53. The van der Waals surface area contributed by atoms with Crippen molar-refractivity contribution in [2.24, 2.45) is 0 Å². The molecule has 3 heteroatoms. The van der Waals surface area contributed by atoms with E-state index in [1.165, 1.54) is 44.2 Å². The van der Waals surface area contributed by atoms with Crippen molar-refractivity contribution in [3.63, 3.8) is 0 Å². The number of nitrogens with zero attached hydrogens (tertiary/aromatic N) is 2. The van der Waals surface area contributed by atoms with Crippen molar-refractivity contribution in [2.45, 2.75) is 53.4 Å². The first-order valence-corrected chi connectivity index (χ1v) is 11.3. The lowest BCUT2D eigenvalue weighted by molar-refractivity contribution is 1.02. The molecule has 148 valence electrons. The molecule has 0 saturated carbocycles. The van der Waals surface area contributed by atoms with Crippen LogP contribution in [0.15, 0.2) is 24.3 Å². The Morgan fingerprint density at radius 1 is 0.556 bits per heavy atom. The fourth-order valence-electron chi connectivity index (χ4n) is 4.06. The first-order chi connectivity index (χ1) is 12.9. The van der Waals surface area contributed by atoms with E-state index in [0.29, 0.717) is 0 Å². The average molecular weight is 385 g/mol. The van der Waals surface area contributed by atoms with Gasteiger partial charge in [0.25, 0.3) is 0 Å². The third kappa shape index (κ3) is 4.85. The van der Waals surface area contributed by atoms with Crippen LogP contribution in [0, 0.1) is 0 Å². The van der Waals surface area contributed by atoms with Crippen LogP contribution in [0.4, 0.5) is 11.4 Å². The molecule has 0 amide bonds. The molecule has 0 aromatic heterocycles. The highest BCUT2D eigenvalue weighted by Gasteiger charge is 2.14. The summed E-state index contributed by atoms with van der Waals surface area (Å²) in [4.78, 5) is 4.56. The van der Waals surface area contributed by atoms with E-state index in [4.69, 9.17) is 0 Å². The molecule has 0 aliphatic rings. The first-order valence-electron chi connectivity index (χ1n) is 10.3. The van der Waals surface area contributed by atoms with E-state index in [0.717, 1.165) is 34.3 Å². The van der Waals surface area contributed by atoms with Gasteiger partial charge < -0.3 is 9.80 Å². The van der Waals surface area contributed by atoms with E-state index in [9.17, 15) is 0 Å². The summed E-state index contributed by atoms with van der Waals surface area (Å²) < 4.78 is 0. The molecule has 2 aromatic carbocycles. The quantitative estimate of drug-likeness (QED) is 0.609. The van der Waals surface area contributed by atoms with Gasteiger partial charge in [0.2, 0.25) is 0 Å². The summed E-state index contributed by atoms with van der Waals surface area (Å²) in [5.74, 6) is 0. The van der Waals surface area contributed by atoms with Crippen molar-refractivity contribution < 1.29 is 0 Å². The van der Waals surface area contributed by atoms with Gasteiger partial charge in [0.05, 0.1) is 0 Å². The maximum Gasteiger partial charge on any atom is 0.0426 e. The average Bonchev–Trinajstić information content (AvgIpc) is 2.65. The van der Waals surface area contributed by atoms with E-state index in [1.54, 1.807) is 0 Å². The molecule has 0 N–H and O–H groups in total. The van der Waals surface area contributed by atoms with Gasteiger partial charge in [0, 0.05) is 39.6 Å². The van der Waals surface area contributed by atoms with E-state index < -0.39 is 0 Å². The Balaban J connectivity index is 2.50. The Morgan fingerprint density at radius 3 is 1.00 bits per heavy atom. The van der Waals surface area contributed by atoms with Gasteiger partial charge in [0.15, 0.2) is 0 Å². The molecule has 0 atom stereocenters. The molecule has 2 rings (SSSR count). The Bertz CT molecular complexity index is 662. The predicted octanol–water partition coefficient (Wildman–Crippen LogP) is 4.70. The normalized spacial score (nSPS) is 11.0. The van der Waals surface area contributed by atoms with Crippen LogP contribution in [0.2, 0.25) is 0 Å². The van der Waals surface area contributed by atoms with Crippen molar-refractivity contribution in [3.05, 3.63) is 46.5 Å². The summed E-state index contributed by atoms with van der Waals surface area (Å²) in [6.45, 7) is 9.08. The van der Waals surface area contributed by atoms with Gasteiger partial charge in [0.1, 0.15) is 0 Å². The van der Waals surface area contributed by atoms with Gasteiger partial charge >= 0.3 is 0 Å². The Kier molecular flexibility index (Phi) is 7.74. The second kappa shape index (κ2) is 9.60. The van der Waals surface area contributed by atoms with E-state index in [2.05, 4.69) is 90.0 Å². The van der Waals surface area contributed by atoms with Crippen LogP contribution in [-0.2, 0) is 25.7 Å². The minimum atomic E-state index is 0.717. The van der Waals surface area contributed by atoms with Gasteiger partial charge in [-0.15, -0.1) is 0 Å². The van der Waals surface area contributed by atoms with E-state index in [1.807, 2.05) is 0 Å². The standard InChI is InChI=1S/C24H37N2P/c1-9-17-13-21(14-18(10-2)23(17)25(5)6)27-22-15-19(11-3)24(26(7)8)20(12-4)16-22/h13-16,27H,9-12H2,1-8H3. The SMILES string of the molecule is CCc1cc(Pc2cc(CC)c(N(C)C)c(CC)c2)cc(CC)c1N(C)C. The van der Waals surface area contributed by atoms with Crippen LogP contribution < -0.4 is 20.4 Å². The molecule has 0 heterocycles. The molecule has 2 nitrogen and oxygen atoms in total. The zero-order valence-electron chi connectivity index (χ0n) is 18.5. The summed E-state index contributed by atoms with van der Waals surface area (Å²) >= 11 is 0. The van der Waals surface area contributed by atoms with Crippen molar-refractivity contribution >= 4 is 30.6 Å². The third-order valence-corrected chi connectivity index (χ3v) is 6.40. The molecule has 0 aliphatic carbocycles. The van der Waals surface area contributed by atoms with E-state index in [-0.39, 0.29) is 0 Å². The lowest BCUT2D eigenvalue weighted by Crippen LogP contribution is -2.18. The molecule has 0 spiro atoms. The molecule has 0 saturated heterocycles. The largest absolute Gasteiger partial charge is 0.377 e. The molecule has 0 fully saturated rings. The topological polar surface area (TPSA) is 6.48 Å². The second-order valence-electron chi connectivity index (χ2n) is 7.61. The van der Waals surface area contributed by atoms with Gasteiger partial charge in [-0.05, 0) is 82.8 Å². The maximum atomic E-state index is 2.43. The Morgan fingerprint density at radius 2 is 0.815 bits per heavy atom. The monoisotopic (exact) mass is 384 g/mol. The second-order valence-corrected chi connectivity index (χ2v) is 9.02. The van der Waals surface area contributed by atoms with Gasteiger partial charge in [-0.25, -0.2) is 0 Å². The number of aryl methyl sites for hydroxylation is 4. The highest BCUT2D eigenvalue weighted by molar-refractivity contribution is 7.55. The minimum absolute atomic E-state index is 0.717. The fourth-order valence-corrected chi connectivity index (χ4v) is 5.38. The third-order valence-electron chi connectivity index (χ3n) is 5.24. The number of hydrogen-bond acceptors (Lipinski definition) is 2. The summed E-state index contributed by atoms with van der Waals surface area (Å²) in [6, 6.07) is 9.74.